The number of aromatic nitrogens is 4. The zero-order valence-corrected chi connectivity index (χ0v) is 14.4. The van der Waals surface area contributed by atoms with Gasteiger partial charge in [-0.2, -0.15) is 4.98 Å². The van der Waals surface area contributed by atoms with Crippen LogP contribution in [0.1, 0.15) is 52.1 Å². The van der Waals surface area contributed by atoms with Gasteiger partial charge in [-0.05, 0) is 37.7 Å². The van der Waals surface area contributed by atoms with E-state index in [0.29, 0.717) is 17.1 Å². The van der Waals surface area contributed by atoms with Gasteiger partial charge in [-0.15, -0.1) is 5.10 Å². The van der Waals surface area contributed by atoms with Gasteiger partial charge in [0.2, 0.25) is 0 Å². The molecule has 8 heteroatoms. The Morgan fingerprint density at radius 2 is 2.21 bits per heavy atom. The quantitative estimate of drug-likeness (QED) is 0.821. The van der Waals surface area contributed by atoms with E-state index < -0.39 is 0 Å². The van der Waals surface area contributed by atoms with Crippen molar-refractivity contribution in [2.45, 2.75) is 45.1 Å². The third-order valence-electron chi connectivity index (χ3n) is 4.89. The number of fused-ring (bicyclic) bond motifs is 1. The molecule has 1 saturated heterocycles. The molecule has 0 bridgehead atoms. The molecule has 2 aromatic heterocycles. The van der Waals surface area contributed by atoms with Crippen molar-refractivity contribution in [3.8, 4) is 0 Å². The molecule has 0 aromatic carbocycles. The summed E-state index contributed by atoms with van der Waals surface area (Å²) in [6.07, 6.45) is 3.83. The van der Waals surface area contributed by atoms with E-state index in [2.05, 4.69) is 19.1 Å². The summed E-state index contributed by atoms with van der Waals surface area (Å²) in [5.74, 6) is 1.09. The smallest absolute Gasteiger partial charge is 0.273 e. The summed E-state index contributed by atoms with van der Waals surface area (Å²) in [6, 6.07) is 1.66. The normalized spacial score (nSPS) is 20.2. The molecular formula is C16H19N5O2S. The maximum atomic E-state index is 12.7. The number of hydrogen-bond donors (Lipinski definition) is 0. The Labute approximate surface area is 143 Å². The Morgan fingerprint density at radius 3 is 3.00 bits per heavy atom. The minimum Gasteiger partial charge on any atom is -0.337 e. The van der Waals surface area contributed by atoms with Gasteiger partial charge in [0.25, 0.3) is 11.5 Å². The fraction of sp³-hybridized carbons (Fsp3) is 0.562. The Kier molecular flexibility index (Phi) is 3.91. The van der Waals surface area contributed by atoms with Crippen LogP contribution >= 0.6 is 11.5 Å². The Morgan fingerprint density at radius 1 is 1.33 bits per heavy atom. The van der Waals surface area contributed by atoms with Crippen molar-refractivity contribution >= 4 is 17.4 Å². The van der Waals surface area contributed by atoms with Gasteiger partial charge in [0.05, 0.1) is 5.69 Å². The first-order valence-corrected chi connectivity index (χ1v) is 9.09. The standard InChI is InChI=1S/C16H19N5O2S/c1-10-15(24-19-18-10)16(23)20-6-2-4-11(9-20)12-8-14(22)17-13-5-3-7-21(12)13/h8,11H,2-7,9H2,1H3/t11-/m0/s1. The van der Waals surface area contributed by atoms with E-state index in [1.54, 1.807) is 6.07 Å². The Balaban J connectivity index is 1.61. The largest absolute Gasteiger partial charge is 0.337 e. The lowest BCUT2D eigenvalue weighted by molar-refractivity contribution is 0.0708. The highest BCUT2D eigenvalue weighted by molar-refractivity contribution is 7.07. The number of hydrogen-bond acceptors (Lipinski definition) is 6. The predicted octanol–water partition coefficient (Wildman–Crippen LogP) is 1.37. The number of amides is 1. The van der Waals surface area contributed by atoms with Crippen LogP contribution in [0.25, 0.3) is 0 Å². The molecule has 2 aliphatic rings. The summed E-state index contributed by atoms with van der Waals surface area (Å²) >= 11 is 1.15. The average Bonchev–Trinajstić information content (AvgIpc) is 3.22. The van der Waals surface area contributed by atoms with Gasteiger partial charge in [0, 0.05) is 43.7 Å². The number of nitrogens with zero attached hydrogens (tertiary/aromatic N) is 5. The van der Waals surface area contributed by atoms with Crippen LogP contribution in [0.4, 0.5) is 0 Å². The number of carbonyl (C=O) groups is 1. The van der Waals surface area contributed by atoms with Gasteiger partial charge in [-0.1, -0.05) is 4.49 Å². The van der Waals surface area contributed by atoms with Crippen LogP contribution in [-0.4, -0.2) is 43.0 Å². The zero-order chi connectivity index (χ0) is 16.7. The Hall–Kier alpha value is -2.09. The van der Waals surface area contributed by atoms with E-state index in [1.165, 1.54) is 0 Å². The lowest BCUT2D eigenvalue weighted by Crippen LogP contribution is -2.40. The average molecular weight is 345 g/mol. The van der Waals surface area contributed by atoms with Crippen LogP contribution in [-0.2, 0) is 13.0 Å². The van der Waals surface area contributed by atoms with Crippen molar-refractivity contribution in [1.29, 1.82) is 0 Å². The molecule has 7 nitrogen and oxygen atoms in total. The topological polar surface area (TPSA) is 81.0 Å². The number of carbonyl (C=O) groups excluding carboxylic acids is 1. The second kappa shape index (κ2) is 6.08. The highest BCUT2D eigenvalue weighted by Gasteiger charge is 2.30. The molecular weight excluding hydrogens is 326 g/mol. The molecule has 4 heterocycles. The summed E-state index contributed by atoms with van der Waals surface area (Å²) in [4.78, 5) is 31.3. The first-order chi connectivity index (χ1) is 11.6. The van der Waals surface area contributed by atoms with E-state index in [9.17, 15) is 9.59 Å². The number of aryl methyl sites for hydroxylation is 2. The molecule has 1 atom stereocenters. The van der Waals surface area contributed by atoms with E-state index in [0.717, 1.165) is 61.8 Å². The van der Waals surface area contributed by atoms with E-state index >= 15 is 0 Å². The van der Waals surface area contributed by atoms with E-state index in [-0.39, 0.29) is 17.4 Å². The van der Waals surface area contributed by atoms with E-state index in [4.69, 9.17) is 0 Å². The summed E-state index contributed by atoms with van der Waals surface area (Å²) in [7, 11) is 0. The number of rotatable bonds is 2. The van der Waals surface area contributed by atoms with Gasteiger partial charge in [0.15, 0.2) is 0 Å². The Bertz CT molecular complexity index is 843. The monoisotopic (exact) mass is 345 g/mol. The van der Waals surface area contributed by atoms with Gasteiger partial charge in [-0.25, -0.2) is 0 Å². The van der Waals surface area contributed by atoms with Gasteiger partial charge < -0.3 is 9.47 Å². The molecule has 24 heavy (non-hydrogen) atoms. The SMILES string of the molecule is Cc1nnsc1C(=O)N1CCC[C@H](c2cc(=O)nc3n2CCC3)C1. The zero-order valence-electron chi connectivity index (χ0n) is 13.6. The van der Waals surface area contributed by atoms with Crippen molar-refractivity contribution in [2.24, 2.45) is 0 Å². The lowest BCUT2D eigenvalue weighted by Gasteiger charge is -2.33. The fourth-order valence-electron chi connectivity index (χ4n) is 3.73. The molecule has 0 N–H and O–H groups in total. The molecule has 0 spiro atoms. The summed E-state index contributed by atoms with van der Waals surface area (Å²) in [5, 5.41) is 3.94. The van der Waals surface area contributed by atoms with Gasteiger partial charge in [0.1, 0.15) is 10.7 Å². The minimum atomic E-state index is -0.163. The maximum absolute atomic E-state index is 12.7. The third-order valence-corrected chi connectivity index (χ3v) is 5.70. The molecule has 1 amide bonds. The predicted molar refractivity (Wildman–Crippen MR) is 89.3 cm³/mol. The first kappa shape index (κ1) is 15.4. The summed E-state index contributed by atoms with van der Waals surface area (Å²) in [5.41, 5.74) is 1.57. The van der Waals surface area contributed by atoms with Crippen LogP contribution in [0.5, 0.6) is 0 Å². The summed E-state index contributed by atoms with van der Waals surface area (Å²) < 4.78 is 6.04. The third kappa shape index (κ3) is 2.64. The molecule has 2 aromatic rings. The van der Waals surface area contributed by atoms with Crippen molar-refractivity contribution in [2.75, 3.05) is 13.1 Å². The maximum Gasteiger partial charge on any atom is 0.273 e. The summed E-state index contributed by atoms with van der Waals surface area (Å²) in [6.45, 7) is 4.11. The van der Waals surface area contributed by atoms with Crippen molar-refractivity contribution in [3.63, 3.8) is 0 Å². The second-order valence-corrected chi connectivity index (χ2v) is 7.22. The van der Waals surface area contributed by atoms with E-state index in [1.807, 2.05) is 11.8 Å². The van der Waals surface area contributed by atoms with Crippen LogP contribution in [0.15, 0.2) is 10.9 Å². The molecule has 126 valence electrons. The second-order valence-electron chi connectivity index (χ2n) is 6.47. The minimum absolute atomic E-state index is 0.00486. The van der Waals surface area contributed by atoms with Crippen LogP contribution in [0.2, 0.25) is 0 Å². The molecule has 1 fully saturated rings. The van der Waals surface area contributed by atoms with Crippen molar-refractivity contribution < 1.29 is 4.79 Å². The molecule has 0 aliphatic carbocycles. The van der Waals surface area contributed by atoms with Crippen LogP contribution in [0.3, 0.4) is 0 Å². The molecule has 0 unspecified atom stereocenters. The molecule has 0 saturated carbocycles. The fourth-order valence-corrected chi connectivity index (χ4v) is 4.36. The van der Waals surface area contributed by atoms with Gasteiger partial charge in [-0.3, -0.25) is 9.59 Å². The highest BCUT2D eigenvalue weighted by atomic mass is 32.1. The lowest BCUT2D eigenvalue weighted by atomic mass is 9.94. The first-order valence-electron chi connectivity index (χ1n) is 8.32. The van der Waals surface area contributed by atoms with Crippen molar-refractivity contribution in [1.82, 2.24) is 24.0 Å². The number of likely N-dealkylation sites (tertiary alicyclic amines) is 1. The van der Waals surface area contributed by atoms with Gasteiger partial charge >= 0.3 is 0 Å². The molecule has 4 rings (SSSR count). The highest BCUT2D eigenvalue weighted by Crippen LogP contribution is 2.29. The van der Waals surface area contributed by atoms with Crippen molar-refractivity contribution in [3.05, 3.63) is 38.5 Å². The molecule has 0 radical (unpaired) electrons. The molecule has 2 aliphatic heterocycles. The van der Waals surface area contributed by atoms with Crippen LogP contribution < -0.4 is 5.56 Å². The van der Waals surface area contributed by atoms with Crippen LogP contribution in [0, 0.1) is 6.92 Å². The number of piperidine rings is 1.